The molecule has 1 aliphatic heterocycles. The number of benzene rings is 1. The summed E-state index contributed by atoms with van der Waals surface area (Å²) >= 11 is 0. The maximum absolute atomic E-state index is 12.7. The van der Waals surface area contributed by atoms with Crippen LogP contribution in [0.3, 0.4) is 0 Å². The van der Waals surface area contributed by atoms with Gasteiger partial charge in [-0.1, -0.05) is 12.1 Å². The lowest BCUT2D eigenvalue weighted by Crippen LogP contribution is -2.45. The number of nitrogens with zero attached hydrogens (tertiary/aromatic N) is 6. The van der Waals surface area contributed by atoms with Crippen molar-refractivity contribution in [1.82, 2.24) is 29.9 Å². The van der Waals surface area contributed by atoms with E-state index in [1.165, 1.54) is 0 Å². The van der Waals surface area contributed by atoms with Crippen molar-refractivity contribution in [3.63, 3.8) is 0 Å². The molecule has 1 N–H and O–H groups in total. The number of fused-ring (bicyclic) bond motifs is 3. The topological polar surface area (TPSA) is 88.3 Å². The summed E-state index contributed by atoms with van der Waals surface area (Å²) in [7, 11) is 0. The first kappa shape index (κ1) is 20.4. The number of piperidine rings is 1. The maximum Gasteiger partial charge on any atom is 0.225 e. The fourth-order valence-electron chi connectivity index (χ4n) is 4.56. The van der Waals surface area contributed by atoms with E-state index in [0.29, 0.717) is 12.8 Å². The Morgan fingerprint density at radius 3 is 2.62 bits per heavy atom. The average molecular weight is 430 g/mol. The third-order valence-corrected chi connectivity index (χ3v) is 6.32. The van der Waals surface area contributed by atoms with Crippen molar-refractivity contribution in [1.29, 1.82) is 0 Å². The number of hydrogen-bond acceptors (Lipinski definition) is 6. The van der Waals surface area contributed by atoms with Crippen molar-refractivity contribution in [3.8, 4) is 0 Å². The van der Waals surface area contributed by atoms with Gasteiger partial charge in [-0.15, -0.1) is 0 Å². The Bertz CT molecular complexity index is 1260. The fourth-order valence-corrected chi connectivity index (χ4v) is 4.56. The van der Waals surface area contributed by atoms with E-state index in [9.17, 15) is 4.79 Å². The highest BCUT2D eigenvalue weighted by molar-refractivity contribution is 5.92. The zero-order valence-electron chi connectivity index (χ0n) is 18.5. The predicted octanol–water partition coefficient (Wildman–Crippen LogP) is 3.01. The molecule has 8 nitrogen and oxygen atoms in total. The standard InChI is InChI=1S/C24H27N7O/c1-16-19(17(2)31-23(27-16)20-6-3-4-7-21(20)29-31)8-9-22(32)28-18-10-14-30(15-11-18)24-25-12-5-13-26-24/h3-7,12-13,18H,8-11,14-15H2,1-2H3,(H,28,32). The van der Waals surface area contributed by atoms with Crippen molar-refractivity contribution < 1.29 is 4.79 Å². The molecular formula is C24H27N7O. The van der Waals surface area contributed by atoms with Crippen LogP contribution in [0, 0.1) is 13.8 Å². The summed E-state index contributed by atoms with van der Waals surface area (Å²) in [6.45, 7) is 5.77. The van der Waals surface area contributed by atoms with Crippen LogP contribution in [0.2, 0.25) is 0 Å². The minimum atomic E-state index is 0.0870. The molecule has 8 heteroatoms. The van der Waals surface area contributed by atoms with Crippen molar-refractivity contribution >= 4 is 28.4 Å². The molecule has 4 heterocycles. The van der Waals surface area contributed by atoms with Gasteiger partial charge in [-0.25, -0.2) is 19.5 Å². The normalized spacial score (nSPS) is 14.9. The quantitative estimate of drug-likeness (QED) is 0.525. The number of aromatic nitrogens is 5. The summed E-state index contributed by atoms with van der Waals surface area (Å²) in [6, 6.07) is 10.1. The first-order chi connectivity index (χ1) is 15.6. The molecule has 4 aromatic rings. The summed E-state index contributed by atoms with van der Waals surface area (Å²) in [5.41, 5.74) is 4.91. The molecule has 3 aromatic heterocycles. The second kappa shape index (κ2) is 8.53. The highest BCUT2D eigenvalue weighted by Crippen LogP contribution is 2.23. The number of nitrogens with one attached hydrogen (secondary N) is 1. The van der Waals surface area contributed by atoms with Gasteiger partial charge in [0.15, 0.2) is 5.65 Å². The van der Waals surface area contributed by atoms with Crippen molar-refractivity contribution in [2.24, 2.45) is 0 Å². The third-order valence-electron chi connectivity index (χ3n) is 6.32. The summed E-state index contributed by atoms with van der Waals surface area (Å²) in [4.78, 5) is 28.3. The zero-order chi connectivity index (χ0) is 22.1. The van der Waals surface area contributed by atoms with E-state index < -0.39 is 0 Å². The smallest absolute Gasteiger partial charge is 0.225 e. The first-order valence-corrected chi connectivity index (χ1v) is 11.1. The monoisotopic (exact) mass is 429 g/mol. The van der Waals surface area contributed by atoms with Gasteiger partial charge in [0.2, 0.25) is 11.9 Å². The number of amides is 1. The molecule has 0 bridgehead atoms. The molecule has 0 saturated carbocycles. The Morgan fingerprint density at radius 1 is 1.09 bits per heavy atom. The molecule has 32 heavy (non-hydrogen) atoms. The Balaban J connectivity index is 1.21. The molecule has 1 amide bonds. The highest BCUT2D eigenvalue weighted by atomic mass is 16.1. The Morgan fingerprint density at radius 2 is 1.84 bits per heavy atom. The fraction of sp³-hybridized carbons (Fsp3) is 0.375. The lowest BCUT2D eigenvalue weighted by Gasteiger charge is -2.32. The molecule has 1 aliphatic rings. The zero-order valence-corrected chi connectivity index (χ0v) is 18.5. The van der Waals surface area contributed by atoms with E-state index in [0.717, 1.165) is 65.4 Å². The van der Waals surface area contributed by atoms with Gasteiger partial charge in [-0.3, -0.25) is 4.79 Å². The van der Waals surface area contributed by atoms with Crippen LogP contribution in [0.4, 0.5) is 5.95 Å². The van der Waals surface area contributed by atoms with Crippen molar-refractivity contribution in [2.45, 2.75) is 45.6 Å². The predicted molar refractivity (Wildman–Crippen MR) is 124 cm³/mol. The van der Waals surface area contributed by atoms with E-state index in [1.807, 2.05) is 41.8 Å². The van der Waals surface area contributed by atoms with Crippen LogP contribution in [-0.2, 0) is 11.2 Å². The molecule has 0 unspecified atom stereocenters. The van der Waals surface area contributed by atoms with Gasteiger partial charge >= 0.3 is 0 Å². The van der Waals surface area contributed by atoms with Crippen LogP contribution in [0.25, 0.3) is 16.6 Å². The molecule has 5 rings (SSSR count). The molecule has 0 atom stereocenters. The van der Waals surface area contributed by atoms with Gasteiger partial charge in [0, 0.05) is 54.7 Å². The molecule has 1 aromatic carbocycles. The van der Waals surface area contributed by atoms with E-state index in [1.54, 1.807) is 12.4 Å². The molecule has 1 fully saturated rings. The summed E-state index contributed by atoms with van der Waals surface area (Å²) < 4.78 is 1.91. The van der Waals surface area contributed by atoms with Crippen LogP contribution < -0.4 is 10.2 Å². The van der Waals surface area contributed by atoms with Crippen LogP contribution >= 0.6 is 0 Å². The number of rotatable bonds is 5. The van der Waals surface area contributed by atoms with Crippen LogP contribution in [0.5, 0.6) is 0 Å². The Hall–Kier alpha value is -3.55. The van der Waals surface area contributed by atoms with E-state index in [2.05, 4.69) is 27.1 Å². The first-order valence-electron chi connectivity index (χ1n) is 11.1. The van der Waals surface area contributed by atoms with Gasteiger partial charge in [-0.05, 0) is 56.9 Å². The van der Waals surface area contributed by atoms with Crippen molar-refractivity contribution in [3.05, 3.63) is 59.7 Å². The lowest BCUT2D eigenvalue weighted by molar-refractivity contribution is -0.121. The van der Waals surface area contributed by atoms with E-state index >= 15 is 0 Å². The second-order valence-corrected chi connectivity index (χ2v) is 8.39. The molecule has 0 aliphatic carbocycles. The Labute approximate surface area is 186 Å². The van der Waals surface area contributed by atoms with E-state index in [-0.39, 0.29) is 11.9 Å². The summed E-state index contributed by atoms with van der Waals surface area (Å²) in [5.74, 6) is 0.848. The minimum absolute atomic E-state index is 0.0870. The molecule has 0 radical (unpaired) electrons. The highest BCUT2D eigenvalue weighted by Gasteiger charge is 2.22. The van der Waals surface area contributed by atoms with Gasteiger partial charge in [0.25, 0.3) is 0 Å². The maximum atomic E-state index is 12.7. The van der Waals surface area contributed by atoms with Crippen molar-refractivity contribution in [2.75, 3.05) is 18.0 Å². The molecule has 164 valence electrons. The van der Waals surface area contributed by atoms with Crippen LogP contribution in [0.15, 0.2) is 42.7 Å². The van der Waals surface area contributed by atoms with Gasteiger partial charge in [-0.2, -0.15) is 5.10 Å². The largest absolute Gasteiger partial charge is 0.353 e. The number of carbonyl (C=O) groups is 1. The number of aryl methyl sites for hydroxylation is 2. The SMILES string of the molecule is Cc1nc2c3ccccc3nn2c(C)c1CCC(=O)NC1CCN(c2ncccn2)CC1. The summed E-state index contributed by atoms with van der Waals surface area (Å²) in [6.07, 6.45) is 6.42. The molecule has 1 saturated heterocycles. The molecule has 0 spiro atoms. The van der Waals surface area contributed by atoms with Gasteiger partial charge in [0.1, 0.15) is 0 Å². The average Bonchev–Trinajstić information content (AvgIpc) is 3.19. The number of carbonyl (C=O) groups excluding carboxylic acids is 1. The Kier molecular flexibility index (Phi) is 5.43. The minimum Gasteiger partial charge on any atom is -0.353 e. The third kappa shape index (κ3) is 3.88. The molecular weight excluding hydrogens is 402 g/mol. The van der Waals surface area contributed by atoms with Gasteiger partial charge in [0.05, 0.1) is 5.52 Å². The van der Waals surface area contributed by atoms with Crippen LogP contribution in [0.1, 0.15) is 36.2 Å². The second-order valence-electron chi connectivity index (χ2n) is 8.39. The van der Waals surface area contributed by atoms with Crippen LogP contribution in [-0.4, -0.2) is 49.6 Å². The van der Waals surface area contributed by atoms with Gasteiger partial charge < -0.3 is 10.2 Å². The lowest BCUT2D eigenvalue weighted by atomic mass is 10.0. The summed E-state index contributed by atoms with van der Waals surface area (Å²) in [5, 5.41) is 8.97. The number of hydrogen-bond donors (Lipinski definition) is 1. The van der Waals surface area contributed by atoms with E-state index in [4.69, 9.17) is 10.1 Å². The number of anilines is 1.